The molecule has 0 aromatic rings. The van der Waals surface area contributed by atoms with Gasteiger partial charge in [0.15, 0.2) is 0 Å². The molecule has 2 atom stereocenters. The van der Waals surface area contributed by atoms with Crippen molar-refractivity contribution in [2.24, 2.45) is 0 Å². The van der Waals surface area contributed by atoms with Gasteiger partial charge in [0.1, 0.15) is 0 Å². The summed E-state index contributed by atoms with van der Waals surface area (Å²) in [6.45, 7) is 2.30. The van der Waals surface area contributed by atoms with E-state index in [1.165, 1.54) is 12.8 Å². The normalized spacial score (nSPS) is 39.2. The van der Waals surface area contributed by atoms with Crippen molar-refractivity contribution in [2.75, 3.05) is 13.1 Å². The van der Waals surface area contributed by atoms with E-state index < -0.39 is 0 Å². The maximum absolute atomic E-state index is 3.51. The fourth-order valence-electron chi connectivity index (χ4n) is 1.62. The van der Waals surface area contributed by atoms with Crippen molar-refractivity contribution in [1.82, 2.24) is 10.6 Å². The molecule has 1 saturated heterocycles. The highest BCUT2D eigenvalue weighted by atomic mass is 15.1. The molecular formula is C8H14N2. The molecule has 2 bridgehead atoms. The van der Waals surface area contributed by atoms with E-state index in [1.807, 2.05) is 0 Å². The third-order valence-corrected chi connectivity index (χ3v) is 2.31. The summed E-state index contributed by atoms with van der Waals surface area (Å²) in [5.41, 5.74) is 0. The predicted molar refractivity (Wildman–Crippen MR) is 42.0 cm³/mol. The second-order valence-electron chi connectivity index (χ2n) is 3.15. The Kier molecular flexibility index (Phi) is 1.74. The van der Waals surface area contributed by atoms with Crippen LogP contribution in [0.15, 0.2) is 12.2 Å². The first-order chi connectivity index (χ1) is 4.95. The van der Waals surface area contributed by atoms with E-state index in [2.05, 4.69) is 22.8 Å². The van der Waals surface area contributed by atoms with Gasteiger partial charge in [-0.15, -0.1) is 0 Å². The minimum absolute atomic E-state index is 0.688. The lowest BCUT2D eigenvalue weighted by atomic mass is 10.0. The van der Waals surface area contributed by atoms with Gasteiger partial charge < -0.3 is 10.6 Å². The first-order valence-electron chi connectivity index (χ1n) is 4.07. The zero-order valence-corrected chi connectivity index (χ0v) is 6.14. The third-order valence-electron chi connectivity index (χ3n) is 2.31. The van der Waals surface area contributed by atoms with Gasteiger partial charge in [0.25, 0.3) is 0 Å². The molecule has 1 fully saturated rings. The Morgan fingerprint density at radius 3 is 1.80 bits per heavy atom. The van der Waals surface area contributed by atoms with E-state index in [-0.39, 0.29) is 0 Å². The van der Waals surface area contributed by atoms with Crippen molar-refractivity contribution >= 4 is 0 Å². The van der Waals surface area contributed by atoms with Crippen LogP contribution in [0.5, 0.6) is 0 Å². The summed E-state index contributed by atoms with van der Waals surface area (Å²) < 4.78 is 0. The molecule has 0 aliphatic carbocycles. The molecule has 3 heterocycles. The minimum atomic E-state index is 0.688. The standard InChI is InChI=1S/C8H14N2/c1-2-4-8-6-9-7(3-1)5-10-8/h1-2,7-10H,3-6H2. The monoisotopic (exact) mass is 138 g/mol. The van der Waals surface area contributed by atoms with Gasteiger partial charge >= 0.3 is 0 Å². The van der Waals surface area contributed by atoms with Crippen molar-refractivity contribution in [2.45, 2.75) is 24.9 Å². The Balaban J connectivity index is 2.06. The summed E-state index contributed by atoms with van der Waals surface area (Å²) in [4.78, 5) is 0. The average Bonchev–Trinajstić information content (AvgIpc) is 1.89. The molecule has 0 spiro atoms. The quantitative estimate of drug-likeness (QED) is 0.469. The van der Waals surface area contributed by atoms with Gasteiger partial charge in [0.2, 0.25) is 0 Å². The molecule has 0 aromatic carbocycles. The second kappa shape index (κ2) is 2.72. The highest BCUT2D eigenvalue weighted by Crippen LogP contribution is 2.06. The summed E-state index contributed by atoms with van der Waals surface area (Å²) in [5, 5.41) is 7.01. The minimum Gasteiger partial charge on any atom is -0.311 e. The zero-order valence-electron chi connectivity index (χ0n) is 6.14. The number of hydrogen-bond donors (Lipinski definition) is 2. The summed E-state index contributed by atoms with van der Waals surface area (Å²) >= 11 is 0. The third kappa shape index (κ3) is 1.22. The van der Waals surface area contributed by atoms with Gasteiger partial charge in [-0.3, -0.25) is 0 Å². The van der Waals surface area contributed by atoms with E-state index in [4.69, 9.17) is 0 Å². The summed E-state index contributed by atoms with van der Waals surface area (Å²) in [5.74, 6) is 0. The zero-order chi connectivity index (χ0) is 6.81. The molecule has 56 valence electrons. The highest BCUT2D eigenvalue weighted by molar-refractivity contribution is 4.97. The van der Waals surface area contributed by atoms with Gasteiger partial charge in [-0.2, -0.15) is 0 Å². The van der Waals surface area contributed by atoms with E-state index in [0.29, 0.717) is 12.1 Å². The van der Waals surface area contributed by atoms with Gasteiger partial charge in [0.05, 0.1) is 0 Å². The number of nitrogens with one attached hydrogen (secondary N) is 2. The van der Waals surface area contributed by atoms with Gasteiger partial charge in [-0.1, -0.05) is 12.2 Å². The number of piperazine rings is 1. The summed E-state index contributed by atoms with van der Waals surface area (Å²) in [7, 11) is 0. The summed E-state index contributed by atoms with van der Waals surface area (Å²) in [6.07, 6.45) is 6.98. The van der Waals surface area contributed by atoms with Crippen LogP contribution in [-0.2, 0) is 0 Å². The number of fused-ring (bicyclic) bond motifs is 4. The SMILES string of the molecule is C1=CCC2CNC(C1)CN2. The first kappa shape index (κ1) is 6.38. The largest absolute Gasteiger partial charge is 0.311 e. The van der Waals surface area contributed by atoms with E-state index >= 15 is 0 Å². The van der Waals surface area contributed by atoms with Crippen molar-refractivity contribution < 1.29 is 0 Å². The number of rotatable bonds is 0. The van der Waals surface area contributed by atoms with Crippen molar-refractivity contribution in [1.29, 1.82) is 0 Å². The smallest absolute Gasteiger partial charge is 0.0227 e. The molecule has 3 rings (SSSR count). The molecule has 10 heavy (non-hydrogen) atoms. The van der Waals surface area contributed by atoms with Gasteiger partial charge in [-0.25, -0.2) is 0 Å². The highest BCUT2D eigenvalue weighted by Gasteiger charge is 2.19. The lowest BCUT2D eigenvalue weighted by Gasteiger charge is -2.31. The molecule has 0 aromatic heterocycles. The molecule has 2 unspecified atom stereocenters. The summed E-state index contributed by atoms with van der Waals surface area (Å²) in [6, 6.07) is 1.38. The van der Waals surface area contributed by atoms with Crippen LogP contribution in [0.4, 0.5) is 0 Å². The van der Waals surface area contributed by atoms with Crippen molar-refractivity contribution in [3.63, 3.8) is 0 Å². The molecule has 2 nitrogen and oxygen atoms in total. The van der Waals surface area contributed by atoms with Crippen LogP contribution >= 0.6 is 0 Å². The average molecular weight is 138 g/mol. The van der Waals surface area contributed by atoms with Crippen molar-refractivity contribution in [3.05, 3.63) is 12.2 Å². The molecule has 0 saturated carbocycles. The van der Waals surface area contributed by atoms with Crippen LogP contribution in [0.2, 0.25) is 0 Å². The molecule has 3 aliphatic rings. The van der Waals surface area contributed by atoms with E-state index in [0.717, 1.165) is 13.1 Å². The Hall–Kier alpha value is -0.340. The fraction of sp³-hybridized carbons (Fsp3) is 0.750. The Bertz CT molecular complexity index is 118. The van der Waals surface area contributed by atoms with Crippen LogP contribution in [-0.4, -0.2) is 25.2 Å². The van der Waals surface area contributed by atoms with E-state index in [1.54, 1.807) is 0 Å². The van der Waals surface area contributed by atoms with Crippen LogP contribution in [0, 0.1) is 0 Å². The van der Waals surface area contributed by atoms with Crippen LogP contribution in [0.1, 0.15) is 12.8 Å². The van der Waals surface area contributed by atoms with E-state index in [9.17, 15) is 0 Å². The first-order valence-corrected chi connectivity index (χ1v) is 4.07. The molecule has 0 radical (unpaired) electrons. The molecule has 3 aliphatic heterocycles. The molecular weight excluding hydrogens is 124 g/mol. The second-order valence-corrected chi connectivity index (χ2v) is 3.15. The molecule has 0 amide bonds. The fourth-order valence-corrected chi connectivity index (χ4v) is 1.62. The van der Waals surface area contributed by atoms with Crippen LogP contribution < -0.4 is 10.6 Å². The van der Waals surface area contributed by atoms with Crippen LogP contribution in [0.25, 0.3) is 0 Å². The topological polar surface area (TPSA) is 24.1 Å². The Morgan fingerprint density at radius 2 is 1.40 bits per heavy atom. The van der Waals surface area contributed by atoms with Gasteiger partial charge in [-0.05, 0) is 12.8 Å². The maximum atomic E-state index is 3.51. The van der Waals surface area contributed by atoms with Gasteiger partial charge in [0, 0.05) is 25.2 Å². The van der Waals surface area contributed by atoms with Crippen LogP contribution in [0.3, 0.4) is 0 Å². The predicted octanol–water partition coefficient (Wildman–Crippen LogP) is 0.266. The number of hydrogen-bond acceptors (Lipinski definition) is 2. The lowest BCUT2D eigenvalue weighted by molar-refractivity contribution is 0.340. The lowest BCUT2D eigenvalue weighted by Crippen LogP contribution is -2.54. The molecule has 2 N–H and O–H groups in total. The van der Waals surface area contributed by atoms with Crippen molar-refractivity contribution in [3.8, 4) is 0 Å². The Morgan fingerprint density at radius 1 is 0.900 bits per heavy atom. The Labute approximate surface area is 61.7 Å². The molecule has 2 heteroatoms. The maximum Gasteiger partial charge on any atom is 0.0227 e.